The zero-order valence-corrected chi connectivity index (χ0v) is 17.5. The fourth-order valence-electron chi connectivity index (χ4n) is 2.79. The van der Waals surface area contributed by atoms with Gasteiger partial charge < -0.3 is 0 Å². The van der Waals surface area contributed by atoms with Gasteiger partial charge >= 0.3 is 0 Å². The van der Waals surface area contributed by atoms with Crippen LogP contribution >= 0.6 is 11.6 Å². The highest BCUT2D eigenvalue weighted by Gasteiger charge is 2.13. The van der Waals surface area contributed by atoms with Crippen LogP contribution in [0.5, 0.6) is 0 Å². The van der Waals surface area contributed by atoms with E-state index in [2.05, 4.69) is 39.5 Å². The maximum Gasteiger partial charge on any atom is 0.126 e. The van der Waals surface area contributed by atoms with Gasteiger partial charge in [0.2, 0.25) is 0 Å². The van der Waals surface area contributed by atoms with Crippen LogP contribution in [0.15, 0.2) is 58.3 Å². The Balaban J connectivity index is 0.000000646. The zero-order valence-electron chi connectivity index (χ0n) is 16.8. The van der Waals surface area contributed by atoms with Gasteiger partial charge in [0.15, 0.2) is 0 Å². The normalized spacial score (nSPS) is 13.0. The molecule has 1 aromatic carbocycles. The highest BCUT2D eigenvalue weighted by atomic mass is 35.5. The minimum atomic E-state index is -0.180. The van der Waals surface area contributed by atoms with E-state index in [1.165, 1.54) is 25.3 Å². The minimum absolute atomic E-state index is 0.180. The number of hydrogen-bond acceptors (Lipinski definition) is 1. The van der Waals surface area contributed by atoms with Crippen LogP contribution < -0.4 is 0 Å². The summed E-state index contributed by atoms with van der Waals surface area (Å²) in [6.45, 7) is 8.53. The molecule has 0 atom stereocenters. The minimum Gasteiger partial charge on any atom is -0.207 e. The van der Waals surface area contributed by atoms with Gasteiger partial charge in [0.05, 0.1) is 16.7 Å². The maximum atomic E-state index is 14.1. The van der Waals surface area contributed by atoms with Gasteiger partial charge in [-0.05, 0) is 54.2 Å². The van der Waals surface area contributed by atoms with Crippen molar-refractivity contribution in [1.29, 1.82) is 5.26 Å². The summed E-state index contributed by atoms with van der Waals surface area (Å²) in [5.41, 5.74) is 6.10. The Hall–Kier alpha value is -2.07. The van der Waals surface area contributed by atoms with Gasteiger partial charge in [0, 0.05) is 5.57 Å². The third kappa shape index (κ3) is 7.59. The summed E-state index contributed by atoms with van der Waals surface area (Å²) in [7, 11) is 0. The Bertz CT molecular complexity index is 785. The third-order valence-corrected chi connectivity index (χ3v) is 4.69. The lowest BCUT2D eigenvalue weighted by molar-refractivity contribution is 0.601. The van der Waals surface area contributed by atoms with Crippen molar-refractivity contribution in [3.8, 4) is 6.07 Å². The molecule has 0 aliphatic heterocycles. The predicted molar refractivity (Wildman–Crippen MR) is 113 cm³/mol. The van der Waals surface area contributed by atoms with Gasteiger partial charge in [0.25, 0.3) is 0 Å². The van der Waals surface area contributed by atoms with Crippen molar-refractivity contribution >= 4 is 11.6 Å². The quantitative estimate of drug-likeness (QED) is 0.459. The Morgan fingerprint density at radius 3 is 2.41 bits per heavy atom. The second-order valence-electron chi connectivity index (χ2n) is 6.83. The number of hydrogen-bond donors (Lipinski definition) is 0. The second kappa shape index (κ2) is 12.3. The molecule has 0 unspecified atom stereocenters. The van der Waals surface area contributed by atoms with E-state index in [1.807, 2.05) is 6.07 Å². The van der Waals surface area contributed by atoms with E-state index < -0.39 is 0 Å². The van der Waals surface area contributed by atoms with Crippen molar-refractivity contribution in [3.63, 3.8) is 0 Å². The molecule has 0 amide bonds. The first-order valence-corrected chi connectivity index (χ1v) is 10.0. The topological polar surface area (TPSA) is 23.8 Å². The monoisotopic (exact) mass is 385 g/mol. The Labute approximate surface area is 168 Å². The molecule has 0 bridgehead atoms. The SMILES string of the molecule is CC(C)c1cccc(F)c1CCC1=C=CC(C#N)=CC=C1Cl.CCCCC. The van der Waals surface area contributed by atoms with Crippen LogP contribution in [-0.4, -0.2) is 0 Å². The molecule has 0 spiro atoms. The van der Waals surface area contributed by atoms with Crippen LogP contribution in [-0.2, 0) is 6.42 Å². The molecule has 0 N–H and O–H groups in total. The van der Waals surface area contributed by atoms with Gasteiger partial charge in [0.1, 0.15) is 5.82 Å². The molecule has 0 fully saturated rings. The van der Waals surface area contributed by atoms with E-state index in [1.54, 1.807) is 24.3 Å². The second-order valence-corrected chi connectivity index (χ2v) is 7.24. The first-order valence-electron chi connectivity index (χ1n) is 9.65. The number of benzene rings is 1. The van der Waals surface area contributed by atoms with Crippen molar-refractivity contribution < 1.29 is 4.39 Å². The van der Waals surface area contributed by atoms with E-state index in [0.29, 0.717) is 23.4 Å². The number of allylic oxidation sites excluding steroid dienone is 5. The summed E-state index contributed by atoms with van der Waals surface area (Å²) >= 11 is 6.21. The maximum absolute atomic E-state index is 14.1. The number of unbranched alkanes of at least 4 members (excludes halogenated alkanes) is 2. The van der Waals surface area contributed by atoms with Crippen LogP contribution in [0.3, 0.4) is 0 Å². The van der Waals surface area contributed by atoms with E-state index >= 15 is 0 Å². The van der Waals surface area contributed by atoms with E-state index in [4.69, 9.17) is 16.9 Å². The number of nitriles is 1. The molecule has 1 aromatic rings. The van der Waals surface area contributed by atoms with Gasteiger partial charge in [-0.25, -0.2) is 4.39 Å². The Morgan fingerprint density at radius 1 is 1.15 bits per heavy atom. The summed E-state index contributed by atoms with van der Waals surface area (Å²) in [6, 6.07) is 7.26. The lowest BCUT2D eigenvalue weighted by atomic mass is 9.93. The van der Waals surface area contributed by atoms with Gasteiger partial charge in [-0.3, -0.25) is 0 Å². The molecule has 1 aliphatic carbocycles. The van der Waals surface area contributed by atoms with Crippen LogP contribution in [0, 0.1) is 17.1 Å². The van der Waals surface area contributed by atoms with Crippen LogP contribution in [0.4, 0.5) is 4.39 Å². The summed E-state index contributed by atoms with van der Waals surface area (Å²) in [5.74, 6) is 0.0857. The summed E-state index contributed by atoms with van der Waals surface area (Å²) in [6.07, 6.45) is 10.2. The summed E-state index contributed by atoms with van der Waals surface area (Å²) in [4.78, 5) is 0. The molecule has 27 heavy (non-hydrogen) atoms. The van der Waals surface area contributed by atoms with Crippen LogP contribution in [0.1, 0.15) is 70.4 Å². The van der Waals surface area contributed by atoms with Crippen molar-refractivity contribution in [2.75, 3.05) is 0 Å². The van der Waals surface area contributed by atoms with Crippen molar-refractivity contribution in [1.82, 2.24) is 0 Å². The van der Waals surface area contributed by atoms with Crippen molar-refractivity contribution in [3.05, 3.63) is 75.3 Å². The fraction of sp³-hybridized carbons (Fsp3) is 0.417. The summed E-state index contributed by atoms with van der Waals surface area (Å²) in [5, 5.41) is 9.45. The lowest BCUT2D eigenvalue weighted by Gasteiger charge is -2.14. The first kappa shape index (κ1) is 23.0. The molecular weight excluding hydrogens is 357 g/mol. The smallest absolute Gasteiger partial charge is 0.126 e. The van der Waals surface area contributed by atoms with Crippen molar-refractivity contribution in [2.45, 2.75) is 65.7 Å². The molecule has 0 radical (unpaired) electrons. The molecule has 0 heterocycles. The Kier molecular flexibility index (Phi) is 10.5. The van der Waals surface area contributed by atoms with E-state index in [0.717, 1.165) is 16.7 Å². The average molecular weight is 386 g/mol. The molecule has 0 saturated carbocycles. The van der Waals surface area contributed by atoms with Gasteiger partial charge in [-0.1, -0.05) is 70.7 Å². The number of nitrogens with zero attached hydrogens (tertiary/aromatic N) is 1. The van der Waals surface area contributed by atoms with E-state index in [-0.39, 0.29) is 11.7 Å². The highest BCUT2D eigenvalue weighted by Crippen LogP contribution is 2.27. The highest BCUT2D eigenvalue weighted by molar-refractivity contribution is 6.32. The van der Waals surface area contributed by atoms with Crippen LogP contribution in [0.25, 0.3) is 0 Å². The first-order chi connectivity index (χ1) is 12.9. The average Bonchev–Trinajstić information content (AvgIpc) is 2.83. The molecule has 3 heteroatoms. The third-order valence-electron chi connectivity index (χ3n) is 4.34. The lowest BCUT2D eigenvalue weighted by Crippen LogP contribution is -2.01. The fourth-order valence-corrected chi connectivity index (χ4v) is 3.00. The van der Waals surface area contributed by atoms with Crippen molar-refractivity contribution in [2.24, 2.45) is 0 Å². The largest absolute Gasteiger partial charge is 0.207 e. The molecule has 1 nitrogen and oxygen atoms in total. The summed E-state index contributed by atoms with van der Waals surface area (Å²) < 4.78 is 14.1. The van der Waals surface area contributed by atoms with Gasteiger partial charge in [-0.15, -0.1) is 5.73 Å². The molecule has 0 saturated heterocycles. The standard InChI is InChI=1S/C19H17ClFN.C5H12/c1-13(2)16-4-3-5-19(21)17(16)10-9-15-8-6-14(12-22)7-11-18(15)20;1-3-5-4-2/h3-7,11,13H,9-10H2,1-2H3;3-5H2,1-2H3. The molecule has 1 aliphatic rings. The predicted octanol–water partition coefficient (Wildman–Crippen LogP) is 7.75. The molecule has 0 aromatic heterocycles. The molecule has 2 rings (SSSR count). The molecular formula is C24H29ClFN. The van der Waals surface area contributed by atoms with E-state index in [9.17, 15) is 4.39 Å². The molecule has 144 valence electrons. The van der Waals surface area contributed by atoms with Gasteiger partial charge in [-0.2, -0.15) is 5.26 Å². The van der Waals surface area contributed by atoms with Crippen LogP contribution in [0.2, 0.25) is 0 Å². The Morgan fingerprint density at radius 2 is 1.85 bits per heavy atom. The number of rotatable bonds is 6. The zero-order chi connectivity index (χ0) is 20.2. The number of halogens is 2.